The zero-order valence-electron chi connectivity index (χ0n) is 22.1. The molecule has 2 aromatic carbocycles. The smallest absolute Gasteiger partial charge is 0.415 e. The van der Waals surface area contributed by atoms with Gasteiger partial charge in [-0.2, -0.15) is 0 Å². The van der Waals surface area contributed by atoms with Gasteiger partial charge in [0.25, 0.3) is 0 Å². The Bertz CT molecular complexity index is 1440. The summed E-state index contributed by atoms with van der Waals surface area (Å²) in [7, 11) is 1.50. The fraction of sp³-hybridized carbons (Fsp3) is 0.407. The molecule has 2 aliphatic rings. The molecule has 3 aromatic rings. The minimum absolute atomic E-state index is 0.0245. The number of halogens is 2. The van der Waals surface area contributed by atoms with Crippen molar-refractivity contribution in [1.82, 2.24) is 14.9 Å². The fourth-order valence-corrected chi connectivity index (χ4v) is 4.94. The predicted octanol–water partition coefficient (Wildman–Crippen LogP) is 5.90. The van der Waals surface area contributed by atoms with E-state index in [-0.39, 0.29) is 23.3 Å². The molecule has 10 nitrogen and oxygen atoms in total. The monoisotopic (exact) mass is 557 g/mol. The van der Waals surface area contributed by atoms with E-state index in [0.29, 0.717) is 54.1 Å². The van der Waals surface area contributed by atoms with E-state index in [1.54, 1.807) is 29.2 Å². The van der Waals surface area contributed by atoms with Crippen LogP contribution < -0.4 is 15.0 Å². The highest BCUT2D eigenvalue weighted by atomic mass is 35.5. The Hall–Kier alpha value is -3.86. The number of hydrogen-bond donors (Lipinski definition) is 1. The second-order valence-corrected chi connectivity index (χ2v) is 11.0. The number of methoxy groups -OCH3 is 1. The van der Waals surface area contributed by atoms with Gasteiger partial charge in [0, 0.05) is 37.4 Å². The quantitative estimate of drug-likeness (QED) is 0.422. The summed E-state index contributed by atoms with van der Waals surface area (Å²) in [6, 6.07) is 8.03. The molecule has 1 aromatic heterocycles. The maximum Gasteiger partial charge on any atom is 0.415 e. The standard InChI is InChI=1S/C27H29ClFN5O5/c1-26(2,3)38-24(35)33-10-8-27(9-11-33)14-34(25(36)39-27)20-12-16-19(13-21(20)37-4)30-15-31-23(16)32-18-7-5-6-17(28)22(18)29/h5-7,12-13,15H,8-11,14H2,1-4H3,(H,30,31,32). The number of nitrogens with one attached hydrogen (secondary N) is 1. The third-order valence-electron chi connectivity index (χ3n) is 6.73. The summed E-state index contributed by atoms with van der Waals surface area (Å²) in [6.45, 7) is 6.54. The van der Waals surface area contributed by atoms with Crippen molar-refractivity contribution in [2.24, 2.45) is 0 Å². The Balaban J connectivity index is 1.42. The minimum atomic E-state index is -0.756. The summed E-state index contributed by atoms with van der Waals surface area (Å²) in [5.41, 5.74) is -0.204. The lowest BCUT2D eigenvalue weighted by atomic mass is 9.91. The molecule has 3 heterocycles. The number of fused-ring (bicyclic) bond motifs is 1. The van der Waals surface area contributed by atoms with Crippen molar-refractivity contribution in [3.8, 4) is 5.75 Å². The molecule has 0 aliphatic carbocycles. The highest BCUT2D eigenvalue weighted by molar-refractivity contribution is 6.31. The fourth-order valence-electron chi connectivity index (χ4n) is 4.77. The average Bonchev–Trinajstić information content (AvgIpc) is 3.20. The number of nitrogens with zero attached hydrogens (tertiary/aromatic N) is 4. The summed E-state index contributed by atoms with van der Waals surface area (Å²) < 4.78 is 31.6. The lowest BCUT2D eigenvalue weighted by molar-refractivity contribution is -0.0167. The molecule has 1 N–H and O–H groups in total. The number of ether oxygens (including phenoxy) is 3. The number of carbonyl (C=O) groups is 2. The van der Waals surface area contributed by atoms with Crippen LogP contribution in [0.3, 0.4) is 0 Å². The number of benzene rings is 2. The lowest BCUT2D eigenvalue weighted by Gasteiger charge is -2.37. The minimum Gasteiger partial charge on any atom is -0.494 e. The summed E-state index contributed by atoms with van der Waals surface area (Å²) in [4.78, 5) is 37.4. The van der Waals surface area contributed by atoms with Gasteiger partial charge in [0.2, 0.25) is 0 Å². The maximum atomic E-state index is 14.6. The van der Waals surface area contributed by atoms with E-state index in [9.17, 15) is 14.0 Å². The molecule has 12 heteroatoms. The number of likely N-dealkylation sites (tertiary alicyclic amines) is 1. The Labute approximate surface area is 230 Å². The van der Waals surface area contributed by atoms with Crippen LogP contribution in [-0.4, -0.2) is 65.0 Å². The first-order valence-corrected chi connectivity index (χ1v) is 12.9. The summed E-state index contributed by atoms with van der Waals surface area (Å²) in [5.74, 6) is 0.141. The summed E-state index contributed by atoms with van der Waals surface area (Å²) >= 11 is 5.94. The molecule has 0 radical (unpaired) electrons. The maximum absolute atomic E-state index is 14.6. The summed E-state index contributed by atoms with van der Waals surface area (Å²) in [5, 5.41) is 3.49. The van der Waals surface area contributed by atoms with E-state index in [1.165, 1.54) is 24.4 Å². The van der Waals surface area contributed by atoms with Gasteiger partial charge in [0.1, 0.15) is 29.1 Å². The van der Waals surface area contributed by atoms with Crippen LogP contribution in [0.5, 0.6) is 5.75 Å². The Kier molecular flexibility index (Phi) is 6.88. The van der Waals surface area contributed by atoms with Gasteiger partial charge < -0.3 is 24.4 Å². The van der Waals surface area contributed by atoms with Crippen LogP contribution in [0.4, 0.5) is 31.2 Å². The van der Waals surface area contributed by atoms with Crippen molar-refractivity contribution in [2.45, 2.75) is 44.8 Å². The lowest BCUT2D eigenvalue weighted by Crippen LogP contribution is -2.49. The van der Waals surface area contributed by atoms with Crippen molar-refractivity contribution in [1.29, 1.82) is 0 Å². The van der Waals surface area contributed by atoms with E-state index in [4.69, 9.17) is 25.8 Å². The van der Waals surface area contributed by atoms with E-state index >= 15 is 0 Å². The van der Waals surface area contributed by atoms with Crippen LogP contribution in [0, 0.1) is 5.82 Å². The topological polar surface area (TPSA) is 106 Å². The van der Waals surface area contributed by atoms with Crippen LogP contribution in [0.25, 0.3) is 10.9 Å². The normalized spacial score (nSPS) is 16.9. The van der Waals surface area contributed by atoms with E-state index in [0.717, 1.165) is 0 Å². The van der Waals surface area contributed by atoms with Crippen LogP contribution in [0.15, 0.2) is 36.7 Å². The van der Waals surface area contributed by atoms with Crippen LogP contribution in [0.1, 0.15) is 33.6 Å². The first kappa shape index (κ1) is 26.7. The Morgan fingerprint density at radius 2 is 1.95 bits per heavy atom. The van der Waals surface area contributed by atoms with Gasteiger partial charge in [-0.3, -0.25) is 4.90 Å². The average molecular weight is 558 g/mol. The van der Waals surface area contributed by atoms with Crippen molar-refractivity contribution in [3.05, 3.63) is 47.5 Å². The second-order valence-electron chi connectivity index (χ2n) is 10.6. The molecule has 2 fully saturated rings. The number of amides is 2. The van der Waals surface area contributed by atoms with Gasteiger partial charge in [-0.1, -0.05) is 17.7 Å². The number of hydrogen-bond acceptors (Lipinski definition) is 8. The SMILES string of the molecule is COc1cc2ncnc(Nc3cccc(Cl)c3F)c2cc1N1CC2(CCN(C(=O)OC(C)(C)C)CC2)OC1=O. The molecule has 0 bridgehead atoms. The molecular weight excluding hydrogens is 529 g/mol. The molecule has 2 aliphatic heterocycles. The largest absolute Gasteiger partial charge is 0.494 e. The van der Waals surface area contributed by atoms with Crippen LogP contribution in [-0.2, 0) is 9.47 Å². The molecule has 39 heavy (non-hydrogen) atoms. The summed E-state index contributed by atoms with van der Waals surface area (Å²) in [6.07, 6.45) is 1.38. The third-order valence-corrected chi connectivity index (χ3v) is 7.02. The van der Waals surface area contributed by atoms with Crippen LogP contribution >= 0.6 is 11.6 Å². The highest BCUT2D eigenvalue weighted by Gasteiger charge is 2.49. The molecule has 2 saturated heterocycles. The Morgan fingerprint density at radius 3 is 2.64 bits per heavy atom. The number of carbonyl (C=O) groups excluding carboxylic acids is 2. The zero-order chi connectivity index (χ0) is 27.9. The number of anilines is 3. The van der Waals surface area contributed by atoms with Crippen molar-refractivity contribution in [3.63, 3.8) is 0 Å². The van der Waals surface area contributed by atoms with Crippen molar-refractivity contribution < 1.29 is 28.2 Å². The van der Waals surface area contributed by atoms with Crippen molar-refractivity contribution >= 4 is 51.9 Å². The van der Waals surface area contributed by atoms with E-state index in [1.807, 2.05) is 20.8 Å². The van der Waals surface area contributed by atoms with Crippen molar-refractivity contribution in [2.75, 3.05) is 37.0 Å². The molecule has 5 rings (SSSR count). The highest BCUT2D eigenvalue weighted by Crippen LogP contribution is 2.42. The van der Waals surface area contributed by atoms with Crippen LogP contribution in [0.2, 0.25) is 5.02 Å². The van der Waals surface area contributed by atoms with Gasteiger partial charge in [-0.15, -0.1) is 0 Å². The van der Waals surface area contributed by atoms with Gasteiger partial charge in [0.15, 0.2) is 5.82 Å². The second kappa shape index (κ2) is 10.0. The molecule has 0 saturated carbocycles. The predicted molar refractivity (Wildman–Crippen MR) is 144 cm³/mol. The van der Waals surface area contributed by atoms with E-state index < -0.39 is 23.1 Å². The van der Waals surface area contributed by atoms with Gasteiger partial charge >= 0.3 is 12.2 Å². The first-order valence-electron chi connectivity index (χ1n) is 12.5. The molecular formula is C27H29ClFN5O5. The molecule has 2 amide bonds. The molecule has 206 valence electrons. The Morgan fingerprint density at radius 1 is 1.21 bits per heavy atom. The number of piperidine rings is 1. The number of rotatable bonds is 4. The molecule has 1 spiro atoms. The zero-order valence-corrected chi connectivity index (χ0v) is 22.8. The van der Waals surface area contributed by atoms with Gasteiger partial charge in [0.05, 0.1) is 35.6 Å². The molecule has 0 unspecified atom stereocenters. The molecule has 0 atom stereocenters. The van der Waals surface area contributed by atoms with E-state index in [2.05, 4.69) is 15.3 Å². The van der Waals surface area contributed by atoms with Gasteiger partial charge in [-0.05, 0) is 39.0 Å². The third kappa shape index (κ3) is 5.36. The first-order chi connectivity index (χ1) is 18.5. The number of aromatic nitrogens is 2. The van der Waals surface area contributed by atoms with Gasteiger partial charge in [-0.25, -0.2) is 23.9 Å².